The number of rotatable bonds is 8. The van der Waals surface area contributed by atoms with Crippen LogP contribution in [0.1, 0.15) is 11.1 Å². The highest BCUT2D eigenvalue weighted by Gasteiger charge is 2.04. The monoisotopic (exact) mass is 374 g/mol. The van der Waals surface area contributed by atoms with E-state index < -0.39 is 0 Å². The molecule has 0 heterocycles. The van der Waals surface area contributed by atoms with Crippen LogP contribution in [0, 0.1) is 11.6 Å². The molecular weight excluding hydrogens is 350 g/mol. The lowest BCUT2D eigenvalue weighted by Gasteiger charge is -2.12. The van der Waals surface area contributed by atoms with Gasteiger partial charge in [-0.15, -0.1) is 0 Å². The first kappa shape index (κ1) is 20.4. The highest BCUT2D eigenvalue weighted by Crippen LogP contribution is 2.04. The van der Waals surface area contributed by atoms with Gasteiger partial charge in [-0.25, -0.2) is 8.78 Å². The van der Waals surface area contributed by atoms with Gasteiger partial charge in [-0.3, -0.25) is 9.79 Å². The van der Waals surface area contributed by atoms with Gasteiger partial charge in [-0.1, -0.05) is 24.3 Å². The highest BCUT2D eigenvalue weighted by molar-refractivity contribution is 5.80. The third-order valence-electron chi connectivity index (χ3n) is 3.84. The van der Waals surface area contributed by atoms with Gasteiger partial charge < -0.3 is 16.0 Å². The van der Waals surface area contributed by atoms with Gasteiger partial charge in [-0.05, 0) is 41.8 Å². The number of nitrogens with one attached hydrogen (secondary N) is 3. The molecule has 3 N–H and O–H groups in total. The van der Waals surface area contributed by atoms with Crippen molar-refractivity contribution in [2.24, 2.45) is 4.99 Å². The molecule has 0 aliphatic carbocycles. The number of aliphatic imine (C=N–C) groups is 1. The van der Waals surface area contributed by atoms with E-state index in [4.69, 9.17) is 0 Å². The van der Waals surface area contributed by atoms with Crippen LogP contribution in [-0.4, -0.2) is 38.5 Å². The zero-order valence-electron chi connectivity index (χ0n) is 15.3. The SMILES string of the molecule is CN=C(NCCNC(=O)Cc1cccc(F)c1)NCCc1ccc(F)cc1. The number of amides is 1. The Kier molecular flexibility index (Phi) is 8.22. The van der Waals surface area contributed by atoms with Crippen LogP contribution in [0.15, 0.2) is 53.5 Å². The Morgan fingerprint density at radius 1 is 0.889 bits per heavy atom. The summed E-state index contributed by atoms with van der Waals surface area (Å²) >= 11 is 0. The van der Waals surface area contributed by atoms with E-state index in [0.29, 0.717) is 31.2 Å². The van der Waals surface area contributed by atoms with Crippen LogP contribution >= 0.6 is 0 Å². The minimum absolute atomic E-state index is 0.141. The normalized spacial score (nSPS) is 11.1. The smallest absolute Gasteiger partial charge is 0.224 e. The maximum absolute atomic E-state index is 13.1. The molecule has 0 aliphatic heterocycles. The Balaban J connectivity index is 1.61. The molecule has 0 saturated heterocycles. The fourth-order valence-electron chi connectivity index (χ4n) is 2.47. The molecular formula is C20H24F2N4O. The average Bonchev–Trinajstić information content (AvgIpc) is 2.65. The molecule has 7 heteroatoms. The van der Waals surface area contributed by atoms with E-state index in [1.165, 1.54) is 24.3 Å². The average molecular weight is 374 g/mol. The van der Waals surface area contributed by atoms with Crippen molar-refractivity contribution in [3.05, 3.63) is 71.3 Å². The maximum atomic E-state index is 13.1. The molecule has 1 amide bonds. The second-order valence-electron chi connectivity index (χ2n) is 5.96. The van der Waals surface area contributed by atoms with Gasteiger partial charge in [0, 0.05) is 26.7 Å². The van der Waals surface area contributed by atoms with Crippen molar-refractivity contribution in [3.63, 3.8) is 0 Å². The maximum Gasteiger partial charge on any atom is 0.224 e. The molecule has 2 aromatic rings. The predicted octanol–water partition coefficient (Wildman–Crippen LogP) is 2.03. The van der Waals surface area contributed by atoms with Crippen LogP contribution in [0.2, 0.25) is 0 Å². The summed E-state index contributed by atoms with van der Waals surface area (Å²) < 4.78 is 26.0. The Morgan fingerprint density at radius 3 is 2.30 bits per heavy atom. The molecule has 0 aliphatic rings. The van der Waals surface area contributed by atoms with Gasteiger partial charge in [0.1, 0.15) is 11.6 Å². The van der Waals surface area contributed by atoms with Crippen molar-refractivity contribution in [2.75, 3.05) is 26.7 Å². The summed E-state index contributed by atoms with van der Waals surface area (Å²) in [5.41, 5.74) is 1.67. The molecule has 144 valence electrons. The van der Waals surface area contributed by atoms with Crippen molar-refractivity contribution in [2.45, 2.75) is 12.8 Å². The van der Waals surface area contributed by atoms with Crippen LogP contribution in [-0.2, 0) is 17.6 Å². The van der Waals surface area contributed by atoms with E-state index in [2.05, 4.69) is 20.9 Å². The van der Waals surface area contributed by atoms with Crippen LogP contribution in [0.5, 0.6) is 0 Å². The molecule has 5 nitrogen and oxygen atoms in total. The van der Waals surface area contributed by atoms with Crippen LogP contribution in [0.3, 0.4) is 0 Å². The number of benzene rings is 2. The zero-order valence-corrected chi connectivity index (χ0v) is 15.3. The van der Waals surface area contributed by atoms with E-state index in [-0.39, 0.29) is 24.0 Å². The van der Waals surface area contributed by atoms with E-state index in [9.17, 15) is 13.6 Å². The summed E-state index contributed by atoms with van der Waals surface area (Å²) in [5.74, 6) is -0.140. The summed E-state index contributed by atoms with van der Waals surface area (Å²) in [5, 5.41) is 9.03. The number of nitrogens with zero attached hydrogens (tertiary/aromatic N) is 1. The third-order valence-corrected chi connectivity index (χ3v) is 3.84. The van der Waals surface area contributed by atoms with Gasteiger partial charge in [0.25, 0.3) is 0 Å². The Morgan fingerprint density at radius 2 is 1.59 bits per heavy atom. The van der Waals surface area contributed by atoms with Crippen LogP contribution in [0.4, 0.5) is 8.78 Å². The van der Waals surface area contributed by atoms with E-state index >= 15 is 0 Å². The number of carbonyl (C=O) groups excluding carboxylic acids is 1. The molecule has 2 aromatic carbocycles. The fraction of sp³-hybridized carbons (Fsp3) is 0.300. The molecule has 27 heavy (non-hydrogen) atoms. The van der Waals surface area contributed by atoms with Gasteiger partial charge in [0.2, 0.25) is 5.91 Å². The highest BCUT2D eigenvalue weighted by atomic mass is 19.1. The zero-order chi connectivity index (χ0) is 19.5. The molecule has 0 unspecified atom stereocenters. The molecule has 0 aromatic heterocycles. The quantitative estimate of drug-likeness (QED) is 0.376. The first-order valence-corrected chi connectivity index (χ1v) is 8.77. The number of carbonyl (C=O) groups is 1. The number of guanidine groups is 1. The minimum Gasteiger partial charge on any atom is -0.356 e. The number of hydrogen-bond acceptors (Lipinski definition) is 2. The molecule has 0 fully saturated rings. The van der Waals surface area contributed by atoms with Crippen molar-refractivity contribution < 1.29 is 13.6 Å². The molecule has 0 bridgehead atoms. The van der Waals surface area contributed by atoms with Crippen molar-refractivity contribution in [1.29, 1.82) is 0 Å². The van der Waals surface area contributed by atoms with Crippen molar-refractivity contribution >= 4 is 11.9 Å². The second kappa shape index (κ2) is 10.9. The van der Waals surface area contributed by atoms with Crippen LogP contribution < -0.4 is 16.0 Å². The fourth-order valence-corrected chi connectivity index (χ4v) is 2.47. The molecule has 0 radical (unpaired) electrons. The Hall–Kier alpha value is -2.96. The van der Waals surface area contributed by atoms with Crippen LogP contribution in [0.25, 0.3) is 0 Å². The lowest BCUT2D eigenvalue weighted by Crippen LogP contribution is -2.42. The molecule has 0 saturated carbocycles. The summed E-state index contributed by atoms with van der Waals surface area (Å²) in [6.45, 7) is 1.58. The first-order valence-electron chi connectivity index (χ1n) is 8.77. The number of halogens is 2. The lowest BCUT2D eigenvalue weighted by molar-refractivity contribution is -0.120. The first-order chi connectivity index (χ1) is 13.1. The van der Waals surface area contributed by atoms with Gasteiger partial charge in [0.15, 0.2) is 5.96 Å². The van der Waals surface area contributed by atoms with Gasteiger partial charge in [0.05, 0.1) is 6.42 Å². The lowest BCUT2D eigenvalue weighted by atomic mass is 10.1. The Labute approximate surface area is 157 Å². The minimum atomic E-state index is -0.350. The van der Waals surface area contributed by atoms with E-state index in [1.54, 1.807) is 31.3 Å². The second-order valence-corrected chi connectivity index (χ2v) is 5.96. The molecule has 2 rings (SSSR count). The standard InChI is InChI=1S/C20H24F2N4O/c1-23-20(25-10-9-15-5-7-17(21)8-6-15)26-12-11-24-19(27)14-16-3-2-4-18(22)13-16/h2-8,13H,9-12,14H2,1H3,(H,24,27)(H2,23,25,26). The molecule has 0 atom stereocenters. The van der Waals surface area contributed by atoms with Gasteiger partial charge >= 0.3 is 0 Å². The summed E-state index contributed by atoms with van der Waals surface area (Å²) in [6.07, 6.45) is 0.883. The summed E-state index contributed by atoms with van der Waals surface area (Å²) in [4.78, 5) is 16.0. The van der Waals surface area contributed by atoms with E-state index in [1.807, 2.05) is 0 Å². The molecule has 0 spiro atoms. The van der Waals surface area contributed by atoms with E-state index in [0.717, 1.165) is 12.0 Å². The Bertz CT molecular complexity index is 763. The number of hydrogen-bond donors (Lipinski definition) is 3. The topological polar surface area (TPSA) is 65.5 Å². The predicted molar refractivity (Wildman–Crippen MR) is 103 cm³/mol. The van der Waals surface area contributed by atoms with Gasteiger partial charge in [-0.2, -0.15) is 0 Å². The summed E-state index contributed by atoms with van der Waals surface area (Å²) in [7, 11) is 1.66. The third kappa shape index (κ3) is 7.85. The van der Waals surface area contributed by atoms with Crippen molar-refractivity contribution in [3.8, 4) is 0 Å². The largest absolute Gasteiger partial charge is 0.356 e. The summed E-state index contributed by atoms with van der Waals surface area (Å²) in [6, 6.07) is 12.4. The van der Waals surface area contributed by atoms with Crippen molar-refractivity contribution in [1.82, 2.24) is 16.0 Å².